The average molecular weight is 627 g/mol. The standard InChI is InChI=1S/C34H34N4O4S2/c1-18(2)42-33(40)29-20(4)36-34-38(30(29)22-11-13-24(41-6)14-12-22)31(39)28(44-34)16-23-15-19(3)37(21(23)5)32-26(17-35)25-9-7-8-10-27(25)43-32/h11-16,18,30H,7-10H2,1-6H3/b28-16-. The number of carbonyl (C=O) groups is 1. The molecule has 0 amide bonds. The number of hydrogen-bond donors (Lipinski definition) is 0. The van der Waals surface area contributed by atoms with Gasteiger partial charge in [-0.2, -0.15) is 5.26 Å². The lowest BCUT2D eigenvalue weighted by atomic mass is 9.96. The zero-order valence-corrected chi connectivity index (χ0v) is 27.3. The predicted octanol–water partition coefficient (Wildman–Crippen LogP) is 5.41. The van der Waals surface area contributed by atoms with Crippen LogP contribution in [0.5, 0.6) is 5.75 Å². The third-order valence-corrected chi connectivity index (χ3v) is 10.5. The molecule has 2 aliphatic rings. The molecule has 1 aliphatic carbocycles. The number of benzene rings is 1. The molecule has 4 heterocycles. The molecular weight excluding hydrogens is 593 g/mol. The summed E-state index contributed by atoms with van der Waals surface area (Å²) in [6, 6.07) is 11.2. The number of ether oxygens (including phenoxy) is 2. The molecule has 8 nitrogen and oxygen atoms in total. The van der Waals surface area contributed by atoms with Gasteiger partial charge in [0.15, 0.2) is 4.80 Å². The van der Waals surface area contributed by atoms with E-state index in [1.807, 2.05) is 44.2 Å². The molecule has 6 rings (SSSR count). The van der Waals surface area contributed by atoms with Crippen LogP contribution in [0.3, 0.4) is 0 Å². The van der Waals surface area contributed by atoms with E-state index in [-0.39, 0.29) is 11.7 Å². The van der Waals surface area contributed by atoms with Crippen LogP contribution in [0.4, 0.5) is 0 Å². The highest BCUT2D eigenvalue weighted by Gasteiger charge is 2.34. The van der Waals surface area contributed by atoms with Gasteiger partial charge >= 0.3 is 5.97 Å². The SMILES string of the molecule is COc1ccc(C2C(C(=O)OC(C)C)=C(C)N=c3s/c(=C\c4cc(C)n(-c5sc6c(c5C#N)CCCC6)c4C)c(=O)n32)cc1. The van der Waals surface area contributed by atoms with Gasteiger partial charge in [0, 0.05) is 16.3 Å². The Hall–Kier alpha value is -4.20. The lowest BCUT2D eigenvalue weighted by molar-refractivity contribution is -0.143. The summed E-state index contributed by atoms with van der Waals surface area (Å²) in [5, 5.41) is 11.1. The predicted molar refractivity (Wildman–Crippen MR) is 172 cm³/mol. The molecule has 0 N–H and O–H groups in total. The molecule has 1 aliphatic heterocycles. The van der Waals surface area contributed by atoms with Crippen molar-refractivity contribution in [3.05, 3.63) is 99.8 Å². The molecule has 226 valence electrons. The Morgan fingerprint density at radius 2 is 1.86 bits per heavy atom. The van der Waals surface area contributed by atoms with E-state index in [2.05, 4.69) is 16.7 Å². The summed E-state index contributed by atoms with van der Waals surface area (Å²) in [6.07, 6.45) is 5.81. The Bertz CT molecular complexity index is 2050. The number of nitrogens with zero attached hydrogens (tertiary/aromatic N) is 4. The minimum Gasteiger partial charge on any atom is -0.497 e. The Balaban J connectivity index is 1.50. The molecule has 0 radical (unpaired) electrons. The number of esters is 1. The highest BCUT2D eigenvalue weighted by molar-refractivity contribution is 7.15. The second-order valence-electron chi connectivity index (χ2n) is 11.5. The van der Waals surface area contributed by atoms with Crippen LogP contribution in [0.25, 0.3) is 11.1 Å². The number of fused-ring (bicyclic) bond motifs is 2. The summed E-state index contributed by atoms with van der Waals surface area (Å²) >= 11 is 3.01. The lowest BCUT2D eigenvalue weighted by Gasteiger charge is -2.25. The molecule has 0 saturated heterocycles. The number of methoxy groups -OCH3 is 1. The monoisotopic (exact) mass is 626 g/mol. The second-order valence-corrected chi connectivity index (χ2v) is 13.6. The molecule has 1 aromatic carbocycles. The first-order chi connectivity index (χ1) is 21.1. The molecule has 3 aromatic heterocycles. The molecular formula is C34H34N4O4S2. The van der Waals surface area contributed by atoms with Crippen molar-refractivity contribution in [3.8, 4) is 16.8 Å². The summed E-state index contributed by atoms with van der Waals surface area (Å²) in [6.45, 7) is 9.44. The van der Waals surface area contributed by atoms with Crippen LogP contribution < -0.4 is 19.6 Å². The van der Waals surface area contributed by atoms with Crippen LogP contribution >= 0.6 is 22.7 Å². The fourth-order valence-electron chi connectivity index (χ4n) is 6.17. The van der Waals surface area contributed by atoms with Crippen molar-refractivity contribution in [2.24, 2.45) is 4.99 Å². The minimum atomic E-state index is -0.700. The number of nitriles is 1. The van der Waals surface area contributed by atoms with Gasteiger partial charge in [-0.15, -0.1) is 11.3 Å². The van der Waals surface area contributed by atoms with Gasteiger partial charge in [-0.1, -0.05) is 23.5 Å². The van der Waals surface area contributed by atoms with Crippen molar-refractivity contribution in [2.75, 3.05) is 7.11 Å². The van der Waals surface area contributed by atoms with Gasteiger partial charge in [0.1, 0.15) is 16.8 Å². The van der Waals surface area contributed by atoms with Crippen LogP contribution in [0.1, 0.15) is 78.2 Å². The van der Waals surface area contributed by atoms with E-state index in [1.165, 1.54) is 21.8 Å². The van der Waals surface area contributed by atoms with Crippen molar-refractivity contribution >= 4 is 34.7 Å². The largest absolute Gasteiger partial charge is 0.497 e. The molecule has 1 unspecified atom stereocenters. The van der Waals surface area contributed by atoms with Crippen LogP contribution in [-0.4, -0.2) is 28.3 Å². The van der Waals surface area contributed by atoms with Crippen molar-refractivity contribution in [1.29, 1.82) is 5.26 Å². The number of carbonyl (C=O) groups excluding carboxylic acids is 1. The third-order valence-electron chi connectivity index (χ3n) is 8.24. The number of thiazole rings is 1. The minimum absolute atomic E-state index is 0.231. The average Bonchev–Trinajstić information content (AvgIpc) is 3.61. The third kappa shape index (κ3) is 5.04. The number of aryl methyl sites for hydroxylation is 2. The number of thiophene rings is 1. The number of aromatic nitrogens is 2. The van der Waals surface area contributed by atoms with Gasteiger partial charge in [0.2, 0.25) is 0 Å². The van der Waals surface area contributed by atoms with E-state index in [4.69, 9.17) is 14.5 Å². The van der Waals surface area contributed by atoms with Crippen molar-refractivity contribution in [2.45, 2.75) is 72.4 Å². The van der Waals surface area contributed by atoms with Gasteiger partial charge in [0.25, 0.3) is 5.56 Å². The van der Waals surface area contributed by atoms with E-state index in [0.717, 1.165) is 58.8 Å². The molecule has 0 fully saturated rings. The van der Waals surface area contributed by atoms with Gasteiger partial charge < -0.3 is 14.0 Å². The summed E-state index contributed by atoms with van der Waals surface area (Å²) in [4.78, 5) is 34.1. The fraction of sp³-hybridized carbons (Fsp3) is 0.353. The maximum atomic E-state index is 14.2. The van der Waals surface area contributed by atoms with E-state index in [1.54, 1.807) is 43.8 Å². The van der Waals surface area contributed by atoms with Crippen molar-refractivity contribution in [1.82, 2.24) is 9.13 Å². The zero-order valence-electron chi connectivity index (χ0n) is 25.7. The van der Waals surface area contributed by atoms with Gasteiger partial charge in [-0.25, -0.2) is 9.79 Å². The van der Waals surface area contributed by atoms with Crippen molar-refractivity contribution < 1.29 is 14.3 Å². The smallest absolute Gasteiger partial charge is 0.338 e. The molecule has 0 bridgehead atoms. The maximum Gasteiger partial charge on any atom is 0.338 e. The number of rotatable bonds is 6. The summed E-state index contributed by atoms with van der Waals surface area (Å²) in [5.74, 6) is 0.182. The van der Waals surface area contributed by atoms with E-state index < -0.39 is 12.0 Å². The fourth-order valence-corrected chi connectivity index (χ4v) is 8.66. The normalized spacial score (nSPS) is 16.4. The molecule has 10 heteroatoms. The molecule has 0 spiro atoms. The van der Waals surface area contributed by atoms with Crippen molar-refractivity contribution in [3.63, 3.8) is 0 Å². The van der Waals surface area contributed by atoms with Crippen LogP contribution in [0.15, 0.2) is 51.4 Å². The lowest BCUT2D eigenvalue weighted by Crippen LogP contribution is -2.40. The molecule has 0 saturated carbocycles. The Kier molecular flexibility index (Phi) is 7.95. The Labute approximate surface area is 263 Å². The summed E-state index contributed by atoms with van der Waals surface area (Å²) in [7, 11) is 1.60. The molecule has 4 aromatic rings. The maximum absolute atomic E-state index is 14.2. The topological polar surface area (TPSA) is 98.6 Å². The summed E-state index contributed by atoms with van der Waals surface area (Å²) < 4.78 is 15.2. The van der Waals surface area contributed by atoms with E-state index in [0.29, 0.717) is 26.4 Å². The summed E-state index contributed by atoms with van der Waals surface area (Å²) in [5.41, 5.74) is 6.22. The van der Waals surface area contributed by atoms with E-state index in [9.17, 15) is 14.9 Å². The van der Waals surface area contributed by atoms with E-state index >= 15 is 0 Å². The van der Waals surface area contributed by atoms with Crippen LogP contribution in [0.2, 0.25) is 0 Å². The Morgan fingerprint density at radius 3 is 2.55 bits per heavy atom. The first-order valence-electron chi connectivity index (χ1n) is 14.7. The molecule has 1 atom stereocenters. The zero-order chi connectivity index (χ0) is 31.3. The number of hydrogen-bond acceptors (Lipinski definition) is 8. The van der Waals surface area contributed by atoms with Gasteiger partial charge in [-0.3, -0.25) is 9.36 Å². The number of allylic oxidation sites excluding steroid dienone is 1. The van der Waals surface area contributed by atoms with Crippen LogP contribution in [0, 0.1) is 25.2 Å². The Morgan fingerprint density at radius 1 is 1.14 bits per heavy atom. The highest BCUT2D eigenvalue weighted by atomic mass is 32.1. The highest BCUT2D eigenvalue weighted by Crippen LogP contribution is 2.38. The quantitative estimate of drug-likeness (QED) is 0.267. The van der Waals surface area contributed by atoms with Crippen LogP contribution in [-0.2, 0) is 22.4 Å². The van der Waals surface area contributed by atoms with Gasteiger partial charge in [0.05, 0.1) is 40.6 Å². The first kappa shape index (κ1) is 29.9. The second kappa shape index (κ2) is 11.7. The first-order valence-corrected chi connectivity index (χ1v) is 16.4. The van der Waals surface area contributed by atoms with Gasteiger partial charge in [-0.05, 0) is 101 Å². The molecule has 44 heavy (non-hydrogen) atoms.